The van der Waals surface area contributed by atoms with Gasteiger partial charge in [0.15, 0.2) is 5.82 Å². The van der Waals surface area contributed by atoms with Crippen molar-refractivity contribution in [3.8, 4) is 0 Å². The van der Waals surface area contributed by atoms with Gasteiger partial charge in [-0.1, -0.05) is 43.7 Å². The topological polar surface area (TPSA) is 63.0 Å². The van der Waals surface area contributed by atoms with Gasteiger partial charge in [-0.3, -0.25) is 0 Å². The summed E-state index contributed by atoms with van der Waals surface area (Å²) in [4.78, 5) is 9.23. The Kier molecular flexibility index (Phi) is 5.66. The smallest absolute Gasteiger partial charge is 0.154 e. The fourth-order valence-electron chi connectivity index (χ4n) is 3.22. The number of nitrogens with zero attached hydrogens (tertiary/aromatic N) is 3. The van der Waals surface area contributed by atoms with E-state index in [0.717, 1.165) is 48.5 Å². The Hall–Kier alpha value is -2.40. The van der Waals surface area contributed by atoms with Crippen LogP contribution in [0.25, 0.3) is 11.0 Å². The predicted octanol–water partition coefficient (Wildman–Crippen LogP) is 3.75. The molecule has 3 rings (SSSR count). The quantitative estimate of drug-likeness (QED) is 0.656. The molecular formula is C20H26N4O. The normalized spacial score (nSPS) is 12.4. The van der Waals surface area contributed by atoms with Gasteiger partial charge in [-0.05, 0) is 31.4 Å². The Bertz CT molecular complexity index is 807. The Morgan fingerprint density at radius 3 is 2.64 bits per heavy atom. The third-order valence-corrected chi connectivity index (χ3v) is 4.37. The molecule has 0 aliphatic heterocycles. The number of hydrogen-bond donors (Lipinski definition) is 2. The van der Waals surface area contributed by atoms with Crippen molar-refractivity contribution in [3.05, 3.63) is 54.0 Å². The van der Waals surface area contributed by atoms with Crippen LogP contribution in [0.4, 0.5) is 5.82 Å². The number of aryl methyl sites for hydroxylation is 1. The van der Waals surface area contributed by atoms with Crippen molar-refractivity contribution in [3.63, 3.8) is 0 Å². The zero-order valence-electron chi connectivity index (χ0n) is 14.9. The van der Waals surface area contributed by atoms with Crippen molar-refractivity contribution < 1.29 is 5.11 Å². The second kappa shape index (κ2) is 8.12. The summed E-state index contributed by atoms with van der Waals surface area (Å²) < 4.78 is 2.19. The maximum atomic E-state index is 9.34. The molecule has 2 N–H and O–H groups in total. The minimum atomic E-state index is 0.176. The monoisotopic (exact) mass is 338 g/mol. The van der Waals surface area contributed by atoms with Gasteiger partial charge in [-0.15, -0.1) is 0 Å². The Morgan fingerprint density at radius 1 is 1.12 bits per heavy atom. The maximum Gasteiger partial charge on any atom is 0.154 e. The molecule has 1 unspecified atom stereocenters. The maximum absolute atomic E-state index is 9.34. The molecule has 25 heavy (non-hydrogen) atoms. The van der Waals surface area contributed by atoms with Gasteiger partial charge in [-0.2, -0.15) is 0 Å². The molecular weight excluding hydrogens is 312 g/mol. The van der Waals surface area contributed by atoms with Crippen LogP contribution in [0, 0.1) is 6.92 Å². The van der Waals surface area contributed by atoms with Crippen LogP contribution in [0.2, 0.25) is 0 Å². The second-order valence-corrected chi connectivity index (χ2v) is 6.42. The van der Waals surface area contributed by atoms with Gasteiger partial charge in [0.05, 0.1) is 5.52 Å². The van der Waals surface area contributed by atoms with E-state index in [1.54, 1.807) is 0 Å². The number of rotatable bonds is 8. The van der Waals surface area contributed by atoms with Crippen molar-refractivity contribution in [2.75, 3.05) is 11.9 Å². The summed E-state index contributed by atoms with van der Waals surface area (Å²) in [6.07, 6.45) is 4.86. The number of fused-ring (bicyclic) bond motifs is 1. The lowest BCUT2D eigenvalue weighted by atomic mass is 10.1. The number of aliphatic hydroxyl groups is 1. The van der Waals surface area contributed by atoms with E-state index in [1.165, 1.54) is 5.56 Å². The van der Waals surface area contributed by atoms with Crippen molar-refractivity contribution in [2.24, 2.45) is 0 Å². The molecule has 1 atom stereocenters. The van der Waals surface area contributed by atoms with E-state index in [4.69, 9.17) is 0 Å². The van der Waals surface area contributed by atoms with Crippen molar-refractivity contribution in [1.82, 2.24) is 14.5 Å². The number of hydrogen-bond acceptors (Lipinski definition) is 4. The first kappa shape index (κ1) is 17.4. The molecule has 5 heteroatoms. The first-order chi connectivity index (χ1) is 12.2. The molecule has 0 aliphatic rings. The van der Waals surface area contributed by atoms with Gasteiger partial charge in [0, 0.05) is 25.4 Å². The summed E-state index contributed by atoms with van der Waals surface area (Å²) in [6.45, 7) is 5.03. The highest BCUT2D eigenvalue weighted by Crippen LogP contribution is 2.24. The lowest BCUT2D eigenvalue weighted by molar-refractivity contribution is 0.276. The van der Waals surface area contributed by atoms with Crippen molar-refractivity contribution >= 4 is 16.9 Å². The first-order valence-corrected chi connectivity index (χ1v) is 8.96. The molecule has 0 saturated heterocycles. The third kappa shape index (κ3) is 4.17. The van der Waals surface area contributed by atoms with Gasteiger partial charge in [-0.25, -0.2) is 9.97 Å². The van der Waals surface area contributed by atoms with Gasteiger partial charge < -0.3 is 15.0 Å². The van der Waals surface area contributed by atoms with Gasteiger partial charge in [0.2, 0.25) is 0 Å². The third-order valence-electron chi connectivity index (χ3n) is 4.37. The average Bonchev–Trinajstić information content (AvgIpc) is 2.99. The number of nitrogens with one attached hydrogen (secondary N) is 1. The molecule has 0 aliphatic carbocycles. The summed E-state index contributed by atoms with van der Waals surface area (Å²) in [5, 5.41) is 12.9. The van der Waals surface area contributed by atoms with E-state index < -0.39 is 0 Å². The van der Waals surface area contributed by atoms with Crippen LogP contribution in [0.3, 0.4) is 0 Å². The Balaban J connectivity index is 1.97. The first-order valence-electron chi connectivity index (χ1n) is 8.96. The van der Waals surface area contributed by atoms with Crippen LogP contribution in [0.1, 0.15) is 37.6 Å². The number of aliphatic hydroxyl groups excluding tert-OH is 1. The fourth-order valence-corrected chi connectivity index (χ4v) is 3.22. The molecule has 3 aromatic rings. The standard InChI is InChI=1S/C20H26N4O/c1-3-7-17(11-13-25)23-20-19-18(21-15(2)22-20)10-12-24(19)14-16-8-5-4-6-9-16/h4-6,8-10,12,17,25H,3,7,11,13-14H2,1-2H3,(H,21,22,23). The highest BCUT2D eigenvalue weighted by Gasteiger charge is 2.15. The number of aromatic nitrogens is 3. The van der Waals surface area contributed by atoms with E-state index >= 15 is 0 Å². The molecule has 0 fully saturated rings. The summed E-state index contributed by atoms with van der Waals surface area (Å²) in [6, 6.07) is 12.6. The summed E-state index contributed by atoms with van der Waals surface area (Å²) in [5.74, 6) is 1.61. The molecule has 2 aromatic heterocycles. The van der Waals surface area contributed by atoms with Crippen LogP contribution in [-0.4, -0.2) is 32.3 Å². The van der Waals surface area contributed by atoms with E-state index in [0.29, 0.717) is 0 Å². The molecule has 0 radical (unpaired) electrons. The van der Waals surface area contributed by atoms with E-state index in [2.05, 4.69) is 57.2 Å². The molecule has 0 amide bonds. The van der Waals surface area contributed by atoms with Crippen LogP contribution in [0.5, 0.6) is 0 Å². The molecule has 1 aromatic carbocycles. The minimum absolute atomic E-state index is 0.176. The largest absolute Gasteiger partial charge is 0.396 e. The lowest BCUT2D eigenvalue weighted by Gasteiger charge is -2.19. The summed E-state index contributed by atoms with van der Waals surface area (Å²) in [7, 11) is 0. The predicted molar refractivity (Wildman–Crippen MR) is 102 cm³/mol. The second-order valence-electron chi connectivity index (χ2n) is 6.42. The van der Waals surface area contributed by atoms with Crippen molar-refractivity contribution in [2.45, 2.75) is 45.7 Å². The Labute approximate surface area is 148 Å². The number of benzene rings is 1. The summed E-state index contributed by atoms with van der Waals surface area (Å²) in [5.41, 5.74) is 3.21. The van der Waals surface area contributed by atoms with Crippen LogP contribution in [0.15, 0.2) is 42.6 Å². The van der Waals surface area contributed by atoms with E-state index in [-0.39, 0.29) is 12.6 Å². The fraction of sp³-hybridized carbons (Fsp3) is 0.400. The molecule has 2 heterocycles. The molecule has 132 valence electrons. The highest BCUT2D eigenvalue weighted by molar-refractivity contribution is 5.86. The lowest BCUT2D eigenvalue weighted by Crippen LogP contribution is -2.22. The minimum Gasteiger partial charge on any atom is -0.396 e. The number of anilines is 1. The van der Waals surface area contributed by atoms with Gasteiger partial charge in [0.1, 0.15) is 11.3 Å². The van der Waals surface area contributed by atoms with Gasteiger partial charge in [0.25, 0.3) is 0 Å². The van der Waals surface area contributed by atoms with E-state index in [9.17, 15) is 5.11 Å². The van der Waals surface area contributed by atoms with Crippen molar-refractivity contribution in [1.29, 1.82) is 0 Å². The van der Waals surface area contributed by atoms with Crippen LogP contribution < -0.4 is 5.32 Å². The highest BCUT2D eigenvalue weighted by atomic mass is 16.3. The molecule has 5 nitrogen and oxygen atoms in total. The van der Waals surface area contributed by atoms with Crippen LogP contribution in [-0.2, 0) is 6.54 Å². The van der Waals surface area contributed by atoms with Crippen LogP contribution >= 0.6 is 0 Å². The van der Waals surface area contributed by atoms with E-state index in [1.807, 2.05) is 19.1 Å². The summed E-state index contributed by atoms with van der Waals surface area (Å²) >= 11 is 0. The molecule has 0 spiro atoms. The zero-order chi connectivity index (χ0) is 17.6. The molecule has 0 bridgehead atoms. The van der Waals surface area contributed by atoms with Gasteiger partial charge >= 0.3 is 0 Å². The Morgan fingerprint density at radius 2 is 1.92 bits per heavy atom. The zero-order valence-corrected chi connectivity index (χ0v) is 14.9. The molecule has 0 saturated carbocycles. The SMILES string of the molecule is CCCC(CCO)Nc1nc(C)nc2ccn(Cc3ccccc3)c12. The average molecular weight is 338 g/mol.